The molecule has 0 saturated carbocycles. The lowest BCUT2D eigenvalue weighted by molar-refractivity contribution is 0.0351. The second kappa shape index (κ2) is 5.63. The summed E-state index contributed by atoms with van der Waals surface area (Å²) in [4.78, 5) is 0. The summed E-state index contributed by atoms with van der Waals surface area (Å²) in [7, 11) is 0. The molecule has 21 heavy (non-hydrogen) atoms. The van der Waals surface area contributed by atoms with Gasteiger partial charge in [0.25, 0.3) is 0 Å². The summed E-state index contributed by atoms with van der Waals surface area (Å²) in [5.41, 5.74) is 0.892. The summed E-state index contributed by atoms with van der Waals surface area (Å²) in [5, 5.41) is 32.4. The molecule has 0 fully saturated rings. The third-order valence-electron chi connectivity index (χ3n) is 3.26. The molecule has 0 atom stereocenters. The highest BCUT2D eigenvalue weighted by Crippen LogP contribution is 2.29. The van der Waals surface area contributed by atoms with Crippen LogP contribution >= 0.6 is 11.6 Å². The maximum Gasteiger partial charge on any atom is 0.101 e. The summed E-state index contributed by atoms with van der Waals surface area (Å²) in [6, 6.07) is 7.08. The third kappa shape index (κ3) is 3.09. The van der Waals surface area contributed by atoms with Crippen LogP contribution in [0, 0.1) is 0 Å². The molecule has 0 amide bonds. The van der Waals surface area contributed by atoms with Gasteiger partial charge >= 0.3 is 0 Å². The van der Waals surface area contributed by atoms with Crippen molar-refractivity contribution in [3.63, 3.8) is 0 Å². The fourth-order valence-electron chi connectivity index (χ4n) is 2.25. The van der Waals surface area contributed by atoms with Crippen molar-refractivity contribution < 1.29 is 5.11 Å². The molecule has 3 aromatic rings. The van der Waals surface area contributed by atoms with Crippen molar-refractivity contribution in [2.75, 3.05) is 0 Å². The highest BCUT2D eigenvalue weighted by atomic mass is 35.5. The number of nitrogens with zero attached hydrogens (tertiary/aromatic N) is 4. The standard InChI is InChI=1S/C13H13ClN6O/c14-10-3-1-9(2-4-10)13(21,5-11-7-15-19-17-11)6-12-8-16-20-18-12/h1-4,7-8,21H,5-6H2,(H,15,17,19)(H,16,18,20). The highest BCUT2D eigenvalue weighted by molar-refractivity contribution is 6.30. The van der Waals surface area contributed by atoms with Gasteiger partial charge in [0.2, 0.25) is 0 Å². The third-order valence-corrected chi connectivity index (χ3v) is 3.51. The second-order valence-corrected chi connectivity index (χ2v) is 5.25. The topological polar surface area (TPSA) is 103 Å². The van der Waals surface area contributed by atoms with Crippen molar-refractivity contribution in [3.8, 4) is 0 Å². The van der Waals surface area contributed by atoms with Gasteiger partial charge in [0.1, 0.15) is 5.60 Å². The first-order valence-electron chi connectivity index (χ1n) is 6.33. The Hall–Kier alpha value is -2.25. The number of hydrogen-bond donors (Lipinski definition) is 3. The fraction of sp³-hybridized carbons (Fsp3) is 0.231. The van der Waals surface area contributed by atoms with E-state index in [1.165, 1.54) is 0 Å². The summed E-state index contributed by atoms with van der Waals surface area (Å²) in [6.07, 6.45) is 3.78. The van der Waals surface area contributed by atoms with Gasteiger partial charge in [-0.15, -0.1) is 0 Å². The number of halogens is 1. The molecule has 0 aliphatic carbocycles. The van der Waals surface area contributed by atoms with Crippen LogP contribution in [0.5, 0.6) is 0 Å². The molecule has 0 spiro atoms. The molecule has 0 saturated heterocycles. The Morgan fingerprint density at radius 2 is 1.48 bits per heavy atom. The van der Waals surface area contributed by atoms with Crippen molar-refractivity contribution in [2.45, 2.75) is 18.4 Å². The van der Waals surface area contributed by atoms with Crippen LogP contribution in [0.25, 0.3) is 0 Å². The van der Waals surface area contributed by atoms with Gasteiger partial charge in [0.15, 0.2) is 0 Å². The molecule has 0 radical (unpaired) electrons. The highest BCUT2D eigenvalue weighted by Gasteiger charge is 2.32. The van der Waals surface area contributed by atoms with E-state index in [1.807, 2.05) is 0 Å². The minimum Gasteiger partial charge on any atom is -0.384 e. The Kier molecular flexibility index (Phi) is 3.68. The SMILES string of the molecule is OC(Cc1cn[nH]n1)(Cc1cn[nH]n1)c1ccc(Cl)cc1. The zero-order chi connectivity index (χ0) is 14.7. The minimum atomic E-state index is -1.17. The molecule has 108 valence electrons. The Morgan fingerprint density at radius 1 is 0.952 bits per heavy atom. The number of rotatable bonds is 5. The molecule has 0 aliphatic rings. The van der Waals surface area contributed by atoms with Crippen molar-refractivity contribution in [1.82, 2.24) is 30.8 Å². The Morgan fingerprint density at radius 3 is 1.90 bits per heavy atom. The first-order chi connectivity index (χ1) is 10.2. The van der Waals surface area contributed by atoms with Gasteiger partial charge in [-0.1, -0.05) is 23.7 Å². The van der Waals surface area contributed by atoms with Crippen LogP contribution in [0.1, 0.15) is 17.0 Å². The monoisotopic (exact) mass is 304 g/mol. The summed E-state index contributed by atoms with van der Waals surface area (Å²) >= 11 is 5.91. The number of aromatic amines is 2. The van der Waals surface area contributed by atoms with E-state index in [4.69, 9.17) is 11.6 Å². The lowest BCUT2D eigenvalue weighted by atomic mass is 9.85. The number of hydrogen-bond acceptors (Lipinski definition) is 5. The van der Waals surface area contributed by atoms with E-state index in [0.717, 1.165) is 5.56 Å². The first kappa shape index (κ1) is 13.7. The van der Waals surface area contributed by atoms with Crippen LogP contribution in [0.3, 0.4) is 0 Å². The largest absolute Gasteiger partial charge is 0.384 e. The molecule has 8 heteroatoms. The number of H-pyrrole nitrogens is 2. The number of aromatic nitrogens is 6. The first-order valence-corrected chi connectivity index (χ1v) is 6.71. The second-order valence-electron chi connectivity index (χ2n) is 4.81. The molecule has 0 aliphatic heterocycles. The lowest BCUT2D eigenvalue weighted by Gasteiger charge is -2.27. The maximum absolute atomic E-state index is 11.1. The van der Waals surface area contributed by atoms with Gasteiger partial charge in [0, 0.05) is 17.9 Å². The molecule has 1 aromatic carbocycles. The van der Waals surface area contributed by atoms with Crippen molar-refractivity contribution >= 4 is 11.6 Å². The number of benzene rings is 1. The summed E-state index contributed by atoms with van der Waals surface area (Å²) in [6.45, 7) is 0. The van der Waals surface area contributed by atoms with Gasteiger partial charge in [-0.05, 0) is 17.7 Å². The van der Waals surface area contributed by atoms with Gasteiger partial charge in [-0.2, -0.15) is 30.8 Å². The smallest absolute Gasteiger partial charge is 0.101 e. The van der Waals surface area contributed by atoms with Crippen molar-refractivity contribution in [1.29, 1.82) is 0 Å². The van der Waals surface area contributed by atoms with E-state index >= 15 is 0 Å². The van der Waals surface area contributed by atoms with E-state index in [0.29, 0.717) is 29.3 Å². The molecule has 3 N–H and O–H groups in total. The maximum atomic E-state index is 11.1. The van der Waals surface area contributed by atoms with Gasteiger partial charge in [-0.3, -0.25) is 0 Å². The van der Waals surface area contributed by atoms with Crippen LogP contribution in [-0.4, -0.2) is 35.9 Å². The van der Waals surface area contributed by atoms with Gasteiger partial charge in [-0.25, -0.2) is 0 Å². The predicted octanol–water partition coefficient (Wildman–Crippen LogP) is 1.25. The van der Waals surface area contributed by atoms with Crippen LogP contribution in [0.4, 0.5) is 0 Å². The Bertz CT molecular complexity index is 644. The fourth-order valence-corrected chi connectivity index (χ4v) is 2.37. The zero-order valence-electron chi connectivity index (χ0n) is 11.0. The van der Waals surface area contributed by atoms with Crippen LogP contribution in [0.15, 0.2) is 36.7 Å². The van der Waals surface area contributed by atoms with E-state index in [-0.39, 0.29) is 0 Å². The lowest BCUT2D eigenvalue weighted by Crippen LogP contribution is -2.31. The summed E-state index contributed by atoms with van der Waals surface area (Å²) < 4.78 is 0. The zero-order valence-corrected chi connectivity index (χ0v) is 11.7. The van der Waals surface area contributed by atoms with E-state index in [9.17, 15) is 5.11 Å². The molecular formula is C13H13ClN6O. The van der Waals surface area contributed by atoms with E-state index in [2.05, 4.69) is 30.8 Å². The molecule has 3 rings (SSSR count). The normalized spacial score (nSPS) is 11.7. The molecular weight excluding hydrogens is 292 g/mol. The average Bonchev–Trinajstić information content (AvgIpc) is 3.13. The molecule has 2 heterocycles. The predicted molar refractivity (Wildman–Crippen MR) is 75.5 cm³/mol. The number of aliphatic hydroxyl groups is 1. The molecule has 0 bridgehead atoms. The molecule has 7 nitrogen and oxygen atoms in total. The Labute approximate surface area is 125 Å². The van der Waals surface area contributed by atoms with Crippen LogP contribution < -0.4 is 0 Å². The number of nitrogens with one attached hydrogen (secondary N) is 2. The minimum absolute atomic E-state index is 0.304. The quantitative estimate of drug-likeness (QED) is 0.658. The average molecular weight is 305 g/mol. The molecule has 2 aromatic heterocycles. The van der Waals surface area contributed by atoms with Crippen molar-refractivity contribution in [3.05, 3.63) is 58.6 Å². The summed E-state index contributed by atoms with van der Waals surface area (Å²) in [5.74, 6) is 0. The van der Waals surface area contributed by atoms with E-state index < -0.39 is 5.60 Å². The van der Waals surface area contributed by atoms with E-state index in [1.54, 1.807) is 36.7 Å². The van der Waals surface area contributed by atoms with Gasteiger partial charge in [0.05, 0.1) is 23.8 Å². The Balaban J connectivity index is 1.94. The van der Waals surface area contributed by atoms with Crippen LogP contribution in [-0.2, 0) is 18.4 Å². The van der Waals surface area contributed by atoms with Crippen molar-refractivity contribution in [2.24, 2.45) is 0 Å². The van der Waals surface area contributed by atoms with Gasteiger partial charge < -0.3 is 5.11 Å². The molecule has 0 unspecified atom stereocenters. The van der Waals surface area contributed by atoms with Crippen LogP contribution in [0.2, 0.25) is 5.02 Å².